The second kappa shape index (κ2) is 3.34. The zero-order valence-electron chi connectivity index (χ0n) is 4.25. The molecule has 0 aliphatic heterocycles. The molecule has 0 rings (SSSR count). The van der Waals surface area contributed by atoms with Crippen molar-refractivity contribution >= 4 is 23.2 Å². The summed E-state index contributed by atoms with van der Waals surface area (Å²) in [5, 5.41) is 0.743. The lowest BCUT2D eigenvalue weighted by Gasteiger charge is -1.95. The Morgan fingerprint density at radius 2 is 2.29 bits per heavy atom. The molecule has 0 unspecified atom stereocenters. The van der Waals surface area contributed by atoms with E-state index in [-0.39, 0.29) is 5.38 Å². The molecule has 0 saturated carbocycles. The van der Waals surface area contributed by atoms with Crippen LogP contribution in [0.3, 0.4) is 0 Å². The highest BCUT2D eigenvalue weighted by atomic mass is 35.5. The first-order valence-corrected chi connectivity index (χ1v) is 2.91. The Hall–Kier alpha value is 0.320. The van der Waals surface area contributed by atoms with E-state index in [1.165, 1.54) is 0 Å². The first-order valence-electron chi connectivity index (χ1n) is 2.10. The predicted molar refractivity (Wildman–Crippen MR) is 34.9 cm³/mol. The molecule has 0 aliphatic carbocycles. The van der Waals surface area contributed by atoms with Gasteiger partial charge in [0.25, 0.3) is 0 Å². The lowest BCUT2D eigenvalue weighted by Crippen LogP contribution is -1.87. The quantitative estimate of drug-likeness (QED) is 0.516. The van der Waals surface area contributed by atoms with E-state index in [9.17, 15) is 0 Å². The molecule has 0 bridgehead atoms. The SMILES string of the molecule is C=C(Cl)C[C@@H](C)Cl. The van der Waals surface area contributed by atoms with Crippen LogP contribution in [0, 0.1) is 0 Å². The van der Waals surface area contributed by atoms with Crippen LogP contribution in [0.15, 0.2) is 11.6 Å². The second-order valence-electron chi connectivity index (χ2n) is 1.50. The average Bonchev–Trinajstić information content (AvgIpc) is 1.27. The van der Waals surface area contributed by atoms with Gasteiger partial charge in [0.2, 0.25) is 0 Å². The van der Waals surface area contributed by atoms with Gasteiger partial charge >= 0.3 is 0 Å². The molecule has 1 atom stereocenters. The predicted octanol–water partition coefficient (Wildman–Crippen LogP) is 2.76. The minimum atomic E-state index is 0.116. The van der Waals surface area contributed by atoms with Gasteiger partial charge in [-0.05, 0) is 13.3 Å². The standard InChI is InChI=1S/C5H8Cl2/c1-4(6)3-5(2)7/h5H,1,3H2,2H3/t5-/m1/s1. The number of halogens is 2. The molecule has 0 aromatic rings. The summed E-state index contributed by atoms with van der Waals surface area (Å²) >= 11 is 10.9. The fraction of sp³-hybridized carbons (Fsp3) is 0.600. The van der Waals surface area contributed by atoms with Crippen LogP contribution in [-0.4, -0.2) is 5.38 Å². The Balaban J connectivity index is 3.13. The minimum Gasteiger partial charge on any atom is -0.123 e. The number of alkyl halides is 1. The Morgan fingerprint density at radius 3 is 2.29 bits per heavy atom. The van der Waals surface area contributed by atoms with Crippen molar-refractivity contribution in [2.45, 2.75) is 18.7 Å². The van der Waals surface area contributed by atoms with Gasteiger partial charge in [-0.15, -0.1) is 11.6 Å². The Labute approximate surface area is 54.1 Å². The molecule has 0 N–H and O–H groups in total. The third kappa shape index (κ3) is 6.32. The molecular weight excluding hydrogens is 131 g/mol. The van der Waals surface area contributed by atoms with Gasteiger partial charge in [0.05, 0.1) is 0 Å². The summed E-state index contributed by atoms with van der Waals surface area (Å²) in [6.45, 7) is 5.36. The van der Waals surface area contributed by atoms with Gasteiger partial charge in [0, 0.05) is 10.4 Å². The summed E-state index contributed by atoms with van der Waals surface area (Å²) in [5.74, 6) is 0. The fourth-order valence-electron chi connectivity index (χ4n) is 0.305. The molecule has 0 fully saturated rings. The van der Waals surface area contributed by atoms with Crippen molar-refractivity contribution in [1.29, 1.82) is 0 Å². The summed E-state index contributed by atoms with van der Waals surface area (Å²) in [6.07, 6.45) is 0.698. The lowest BCUT2D eigenvalue weighted by molar-refractivity contribution is 0.957. The smallest absolute Gasteiger partial charge is 0.0356 e. The summed E-state index contributed by atoms with van der Waals surface area (Å²) < 4.78 is 0. The van der Waals surface area contributed by atoms with E-state index in [2.05, 4.69) is 6.58 Å². The maximum atomic E-state index is 5.53. The highest BCUT2D eigenvalue weighted by Crippen LogP contribution is 2.10. The van der Waals surface area contributed by atoms with E-state index in [4.69, 9.17) is 23.2 Å². The van der Waals surface area contributed by atoms with E-state index < -0.39 is 0 Å². The zero-order valence-corrected chi connectivity index (χ0v) is 5.76. The van der Waals surface area contributed by atoms with Crippen LogP contribution < -0.4 is 0 Å². The molecule has 0 spiro atoms. The van der Waals surface area contributed by atoms with E-state index >= 15 is 0 Å². The van der Waals surface area contributed by atoms with Crippen molar-refractivity contribution in [2.24, 2.45) is 0 Å². The van der Waals surface area contributed by atoms with Crippen LogP contribution in [0.1, 0.15) is 13.3 Å². The summed E-state index contributed by atoms with van der Waals surface area (Å²) in [7, 11) is 0. The summed E-state index contributed by atoms with van der Waals surface area (Å²) in [5.41, 5.74) is 0. The molecule has 0 nitrogen and oxygen atoms in total. The van der Waals surface area contributed by atoms with Gasteiger partial charge in [-0.2, -0.15) is 0 Å². The number of rotatable bonds is 2. The monoisotopic (exact) mass is 138 g/mol. The van der Waals surface area contributed by atoms with E-state index in [0.717, 1.165) is 0 Å². The van der Waals surface area contributed by atoms with Gasteiger partial charge in [-0.1, -0.05) is 18.2 Å². The molecule has 42 valence electrons. The largest absolute Gasteiger partial charge is 0.123 e. The van der Waals surface area contributed by atoms with Crippen molar-refractivity contribution in [3.8, 4) is 0 Å². The van der Waals surface area contributed by atoms with Gasteiger partial charge in [0.1, 0.15) is 0 Å². The highest BCUT2D eigenvalue weighted by Gasteiger charge is 1.94. The maximum Gasteiger partial charge on any atom is 0.0356 e. The number of hydrogen-bond donors (Lipinski definition) is 0. The first kappa shape index (κ1) is 7.32. The molecule has 0 heterocycles. The molecule has 2 heteroatoms. The van der Waals surface area contributed by atoms with Crippen LogP contribution in [0.2, 0.25) is 0 Å². The van der Waals surface area contributed by atoms with Crippen LogP contribution in [-0.2, 0) is 0 Å². The molecule has 0 aromatic carbocycles. The topological polar surface area (TPSA) is 0 Å². The molecule has 0 aliphatic rings. The van der Waals surface area contributed by atoms with Gasteiger partial charge in [0.15, 0.2) is 0 Å². The van der Waals surface area contributed by atoms with Crippen molar-refractivity contribution < 1.29 is 0 Å². The third-order valence-electron chi connectivity index (χ3n) is 0.503. The van der Waals surface area contributed by atoms with Crippen LogP contribution >= 0.6 is 23.2 Å². The zero-order chi connectivity index (χ0) is 5.86. The van der Waals surface area contributed by atoms with Crippen molar-refractivity contribution in [3.63, 3.8) is 0 Å². The number of hydrogen-bond acceptors (Lipinski definition) is 0. The number of allylic oxidation sites excluding steroid dienone is 1. The van der Waals surface area contributed by atoms with Crippen molar-refractivity contribution in [1.82, 2.24) is 0 Å². The molecule has 0 amide bonds. The van der Waals surface area contributed by atoms with Crippen LogP contribution in [0.4, 0.5) is 0 Å². The molecule has 0 saturated heterocycles. The Morgan fingerprint density at radius 1 is 1.86 bits per heavy atom. The fourth-order valence-corrected chi connectivity index (χ4v) is 0.802. The molecule has 0 radical (unpaired) electrons. The summed E-state index contributed by atoms with van der Waals surface area (Å²) in [4.78, 5) is 0. The van der Waals surface area contributed by atoms with E-state index in [1.54, 1.807) is 0 Å². The summed E-state index contributed by atoms with van der Waals surface area (Å²) in [6, 6.07) is 0. The van der Waals surface area contributed by atoms with Gasteiger partial charge in [-0.25, -0.2) is 0 Å². The lowest BCUT2D eigenvalue weighted by atomic mass is 10.3. The Kier molecular flexibility index (Phi) is 3.49. The molecule has 0 aromatic heterocycles. The third-order valence-corrected chi connectivity index (χ3v) is 0.811. The molecular formula is C5H8Cl2. The van der Waals surface area contributed by atoms with E-state index in [0.29, 0.717) is 11.5 Å². The first-order chi connectivity index (χ1) is 3.13. The normalized spacial score (nSPS) is 13.6. The maximum absolute atomic E-state index is 5.53. The van der Waals surface area contributed by atoms with Gasteiger partial charge in [-0.3, -0.25) is 0 Å². The van der Waals surface area contributed by atoms with Crippen molar-refractivity contribution in [2.75, 3.05) is 0 Å². The average molecular weight is 139 g/mol. The Bertz CT molecular complexity index is 66.5. The van der Waals surface area contributed by atoms with E-state index in [1.807, 2.05) is 6.92 Å². The minimum absolute atomic E-state index is 0.116. The molecule has 7 heavy (non-hydrogen) atoms. The van der Waals surface area contributed by atoms with Crippen LogP contribution in [0.25, 0.3) is 0 Å². The second-order valence-corrected chi connectivity index (χ2v) is 2.78. The van der Waals surface area contributed by atoms with Crippen LogP contribution in [0.5, 0.6) is 0 Å². The highest BCUT2D eigenvalue weighted by molar-refractivity contribution is 6.30. The van der Waals surface area contributed by atoms with Gasteiger partial charge < -0.3 is 0 Å². The van der Waals surface area contributed by atoms with Crippen molar-refractivity contribution in [3.05, 3.63) is 11.6 Å².